The van der Waals surface area contributed by atoms with Crippen LogP contribution in [-0.2, 0) is 0 Å². The van der Waals surface area contributed by atoms with Crippen LogP contribution in [0.4, 0.5) is 0 Å². The minimum Gasteiger partial charge on any atom is -0.356 e. The maximum Gasteiger partial charge on any atom is 0.190 e. The molecule has 0 amide bonds. The number of piperazine rings is 1. The second-order valence-electron chi connectivity index (χ2n) is 7.69. The zero-order chi connectivity index (χ0) is 18.8. The minimum atomic E-state index is 0. The van der Waals surface area contributed by atoms with E-state index in [0.29, 0.717) is 12.0 Å². The van der Waals surface area contributed by atoms with Crippen molar-refractivity contribution in [1.29, 1.82) is 0 Å². The lowest BCUT2D eigenvalue weighted by molar-refractivity contribution is 0.0891. The highest BCUT2D eigenvalue weighted by atomic mass is 127. The third kappa shape index (κ3) is 8.79. The Bertz CT molecular complexity index is 535. The number of benzene rings is 1. The molecule has 0 spiro atoms. The average Bonchev–Trinajstić information content (AvgIpc) is 2.65. The molecule has 1 saturated heterocycles. The summed E-state index contributed by atoms with van der Waals surface area (Å²) < 4.78 is 0. The number of halogens is 1. The van der Waals surface area contributed by atoms with Crippen molar-refractivity contribution in [3.05, 3.63) is 35.9 Å². The van der Waals surface area contributed by atoms with Gasteiger partial charge in [0, 0.05) is 52.4 Å². The van der Waals surface area contributed by atoms with Gasteiger partial charge in [-0.15, -0.1) is 24.0 Å². The van der Waals surface area contributed by atoms with E-state index in [1.807, 2.05) is 7.05 Å². The van der Waals surface area contributed by atoms with Crippen LogP contribution in [0.2, 0.25) is 0 Å². The summed E-state index contributed by atoms with van der Waals surface area (Å²) in [7, 11) is 4.07. The Kier molecular flexibility index (Phi) is 11.9. The van der Waals surface area contributed by atoms with Crippen LogP contribution < -0.4 is 10.6 Å². The van der Waals surface area contributed by atoms with E-state index < -0.39 is 0 Å². The van der Waals surface area contributed by atoms with Crippen molar-refractivity contribution in [2.75, 3.05) is 53.4 Å². The first-order valence-electron chi connectivity index (χ1n) is 10.0. The van der Waals surface area contributed by atoms with Gasteiger partial charge < -0.3 is 15.5 Å². The van der Waals surface area contributed by atoms with E-state index in [4.69, 9.17) is 0 Å². The molecular formula is C21H38IN5. The summed E-state index contributed by atoms with van der Waals surface area (Å²) in [4.78, 5) is 9.38. The summed E-state index contributed by atoms with van der Waals surface area (Å²) >= 11 is 0. The smallest absolute Gasteiger partial charge is 0.190 e. The number of nitrogens with one attached hydrogen (secondary N) is 2. The molecule has 0 aromatic heterocycles. The summed E-state index contributed by atoms with van der Waals surface area (Å²) in [6.45, 7) is 10.9. The van der Waals surface area contributed by atoms with Crippen LogP contribution in [0.5, 0.6) is 0 Å². The summed E-state index contributed by atoms with van der Waals surface area (Å²) in [5.74, 6) is 1.64. The van der Waals surface area contributed by atoms with E-state index in [1.54, 1.807) is 0 Å². The molecule has 0 radical (unpaired) electrons. The van der Waals surface area contributed by atoms with Gasteiger partial charge in [0.05, 0.1) is 0 Å². The van der Waals surface area contributed by atoms with E-state index in [0.717, 1.165) is 51.6 Å². The van der Waals surface area contributed by atoms with Gasteiger partial charge in [0.2, 0.25) is 0 Å². The molecule has 1 fully saturated rings. The normalized spacial score (nSPS) is 19.0. The number of aliphatic imine (C=N–C) groups is 1. The number of hydrogen-bond donors (Lipinski definition) is 2. The molecule has 1 aliphatic rings. The van der Waals surface area contributed by atoms with Crippen LogP contribution in [0.3, 0.4) is 0 Å². The number of likely N-dealkylation sites (N-methyl/N-ethyl adjacent to an activating group) is 1. The molecule has 0 bridgehead atoms. The molecule has 1 aromatic carbocycles. The standard InChI is InChI=1S/C21H37N5.HI/c1-18(2)11-13-24-21(22-3)23-12-8-14-26-16-15-25(4)17-20(26)19-9-6-5-7-10-19;/h5-7,9-10,18,20H,8,11-17H2,1-4H3,(H2,22,23,24);1H. The highest BCUT2D eigenvalue weighted by Crippen LogP contribution is 2.24. The van der Waals surface area contributed by atoms with Crippen molar-refractivity contribution in [3.63, 3.8) is 0 Å². The molecule has 1 unspecified atom stereocenters. The van der Waals surface area contributed by atoms with Gasteiger partial charge in [0.15, 0.2) is 5.96 Å². The van der Waals surface area contributed by atoms with Crippen LogP contribution in [0.25, 0.3) is 0 Å². The number of guanidine groups is 1. The Hall–Kier alpha value is -0.860. The molecule has 5 nitrogen and oxygen atoms in total. The fourth-order valence-corrected chi connectivity index (χ4v) is 3.40. The van der Waals surface area contributed by atoms with Crippen molar-refractivity contribution in [2.45, 2.75) is 32.7 Å². The van der Waals surface area contributed by atoms with Crippen molar-refractivity contribution < 1.29 is 0 Å². The first-order chi connectivity index (χ1) is 12.6. The van der Waals surface area contributed by atoms with Crippen molar-refractivity contribution in [2.24, 2.45) is 10.9 Å². The topological polar surface area (TPSA) is 42.9 Å². The van der Waals surface area contributed by atoms with Crippen molar-refractivity contribution in [1.82, 2.24) is 20.4 Å². The predicted octanol–water partition coefficient (Wildman–Crippen LogP) is 3.19. The van der Waals surface area contributed by atoms with Crippen molar-refractivity contribution in [3.8, 4) is 0 Å². The fourth-order valence-electron chi connectivity index (χ4n) is 3.40. The highest BCUT2D eigenvalue weighted by molar-refractivity contribution is 14.0. The highest BCUT2D eigenvalue weighted by Gasteiger charge is 2.25. The van der Waals surface area contributed by atoms with E-state index in [2.05, 4.69) is 76.7 Å². The molecule has 1 aliphatic heterocycles. The van der Waals surface area contributed by atoms with Gasteiger partial charge in [-0.3, -0.25) is 9.89 Å². The van der Waals surface area contributed by atoms with Gasteiger partial charge in [-0.25, -0.2) is 0 Å². The van der Waals surface area contributed by atoms with E-state index in [9.17, 15) is 0 Å². The Labute approximate surface area is 183 Å². The van der Waals surface area contributed by atoms with Crippen LogP contribution in [-0.4, -0.2) is 69.1 Å². The molecule has 1 atom stereocenters. The van der Waals surface area contributed by atoms with Crippen LogP contribution in [0, 0.1) is 5.92 Å². The summed E-state index contributed by atoms with van der Waals surface area (Å²) in [5, 5.41) is 6.85. The first-order valence-corrected chi connectivity index (χ1v) is 10.0. The Balaban J connectivity index is 0.00000364. The lowest BCUT2D eigenvalue weighted by atomic mass is 10.0. The number of rotatable bonds is 8. The van der Waals surface area contributed by atoms with E-state index >= 15 is 0 Å². The molecule has 154 valence electrons. The van der Waals surface area contributed by atoms with Crippen LogP contribution in [0.15, 0.2) is 35.3 Å². The number of nitrogens with zero attached hydrogens (tertiary/aromatic N) is 3. The number of hydrogen-bond acceptors (Lipinski definition) is 3. The third-order valence-corrected chi connectivity index (χ3v) is 5.03. The Morgan fingerprint density at radius 3 is 2.52 bits per heavy atom. The molecule has 0 aliphatic carbocycles. The minimum absolute atomic E-state index is 0. The van der Waals surface area contributed by atoms with E-state index in [1.165, 1.54) is 12.0 Å². The molecule has 1 aromatic rings. The molecule has 6 heteroatoms. The zero-order valence-electron chi connectivity index (χ0n) is 17.4. The van der Waals surface area contributed by atoms with Gasteiger partial charge in [-0.05, 0) is 31.4 Å². The Morgan fingerprint density at radius 1 is 1.15 bits per heavy atom. The maximum atomic E-state index is 4.32. The van der Waals surface area contributed by atoms with Crippen LogP contribution in [0.1, 0.15) is 38.3 Å². The molecule has 0 saturated carbocycles. The fraction of sp³-hybridized carbons (Fsp3) is 0.667. The molecular weight excluding hydrogens is 449 g/mol. The van der Waals surface area contributed by atoms with Gasteiger partial charge >= 0.3 is 0 Å². The van der Waals surface area contributed by atoms with E-state index in [-0.39, 0.29) is 24.0 Å². The Morgan fingerprint density at radius 2 is 1.85 bits per heavy atom. The van der Waals surface area contributed by atoms with Gasteiger partial charge in [0.25, 0.3) is 0 Å². The SMILES string of the molecule is CN=C(NCCCN1CCN(C)CC1c1ccccc1)NCCC(C)C.I. The maximum absolute atomic E-state index is 4.32. The van der Waals surface area contributed by atoms with Gasteiger partial charge in [0.1, 0.15) is 0 Å². The second-order valence-corrected chi connectivity index (χ2v) is 7.69. The van der Waals surface area contributed by atoms with Crippen LogP contribution >= 0.6 is 24.0 Å². The first kappa shape index (κ1) is 24.2. The lowest BCUT2D eigenvalue weighted by Crippen LogP contribution is -2.47. The molecule has 1 heterocycles. The summed E-state index contributed by atoms with van der Waals surface area (Å²) in [6.07, 6.45) is 2.29. The monoisotopic (exact) mass is 487 g/mol. The summed E-state index contributed by atoms with van der Waals surface area (Å²) in [5.41, 5.74) is 1.43. The second kappa shape index (κ2) is 13.3. The largest absolute Gasteiger partial charge is 0.356 e. The predicted molar refractivity (Wildman–Crippen MR) is 127 cm³/mol. The van der Waals surface area contributed by atoms with Crippen molar-refractivity contribution >= 4 is 29.9 Å². The third-order valence-electron chi connectivity index (χ3n) is 5.03. The van der Waals surface area contributed by atoms with Gasteiger partial charge in [-0.2, -0.15) is 0 Å². The average molecular weight is 487 g/mol. The summed E-state index contributed by atoms with van der Waals surface area (Å²) in [6, 6.07) is 11.4. The zero-order valence-corrected chi connectivity index (χ0v) is 19.8. The quantitative estimate of drug-likeness (QED) is 0.256. The lowest BCUT2D eigenvalue weighted by Gasteiger charge is -2.40. The molecule has 27 heavy (non-hydrogen) atoms. The molecule has 2 rings (SSSR count). The van der Waals surface area contributed by atoms with Gasteiger partial charge in [-0.1, -0.05) is 44.2 Å². The molecule has 2 N–H and O–H groups in total.